The van der Waals surface area contributed by atoms with Crippen LogP contribution in [0.3, 0.4) is 0 Å². The van der Waals surface area contributed by atoms with Gasteiger partial charge in [-0.3, -0.25) is 0 Å². The number of fused-ring (bicyclic) bond motifs is 1. The standard InChI is InChI=1S/C17H20N4O/c1-11-9-13-15(18-11)19-14(12-7-5-4-6-8-12)20-16(13)21-17(2,3)10-22/h4-9,22H,10H2,1-3H3,(H2,18,19,20,21). The van der Waals surface area contributed by atoms with Crippen LogP contribution in [0.4, 0.5) is 5.82 Å². The number of benzene rings is 1. The highest BCUT2D eigenvalue weighted by atomic mass is 16.3. The number of hydrogen-bond acceptors (Lipinski definition) is 4. The lowest BCUT2D eigenvalue weighted by Gasteiger charge is -2.24. The number of aromatic amines is 1. The number of aryl methyl sites for hydroxylation is 1. The average Bonchev–Trinajstić information content (AvgIpc) is 2.88. The second-order valence-electron chi connectivity index (χ2n) is 6.14. The van der Waals surface area contributed by atoms with Gasteiger partial charge in [0.2, 0.25) is 0 Å². The number of anilines is 1. The van der Waals surface area contributed by atoms with Crippen LogP contribution in [0.25, 0.3) is 22.4 Å². The summed E-state index contributed by atoms with van der Waals surface area (Å²) in [6.45, 7) is 5.87. The van der Waals surface area contributed by atoms with Gasteiger partial charge in [0.25, 0.3) is 0 Å². The molecule has 22 heavy (non-hydrogen) atoms. The molecule has 0 radical (unpaired) electrons. The molecule has 2 heterocycles. The minimum atomic E-state index is -0.458. The van der Waals surface area contributed by atoms with Gasteiger partial charge in [-0.15, -0.1) is 0 Å². The molecule has 0 saturated heterocycles. The first-order valence-corrected chi connectivity index (χ1v) is 7.30. The molecule has 0 bridgehead atoms. The lowest BCUT2D eigenvalue weighted by atomic mass is 10.1. The Morgan fingerprint density at radius 3 is 2.59 bits per heavy atom. The van der Waals surface area contributed by atoms with Crippen molar-refractivity contribution in [3.05, 3.63) is 42.1 Å². The Labute approximate surface area is 129 Å². The third kappa shape index (κ3) is 2.80. The van der Waals surface area contributed by atoms with E-state index in [0.717, 1.165) is 28.1 Å². The van der Waals surface area contributed by atoms with Crippen LogP contribution in [0.1, 0.15) is 19.5 Å². The van der Waals surface area contributed by atoms with Crippen molar-refractivity contribution in [2.45, 2.75) is 26.3 Å². The van der Waals surface area contributed by atoms with Crippen LogP contribution >= 0.6 is 0 Å². The molecule has 2 aromatic heterocycles. The fourth-order valence-electron chi connectivity index (χ4n) is 2.31. The van der Waals surface area contributed by atoms with Crippen LogP contribution in [-0.4, -0.2) is 32.2 Å². The number of nitrogens with one attached hydrogen (secondary N) is 2. The third-order valence-corrected chi connectivity index (χ3v) is 3.51. The Hall–Kier alpha value is -2.40. The third-order valence-electron chi connectivity index (χ3n) is 3.51. The van der Waals surface area contributed by atoms with Gasteiger partial charge in [-0.25, -0.2) is 9.97 Å². The predicted octanol–water partition coefficient (Wildman–Crippen LogP) is 3.12. The van der Waals surface area contributed by atoms with Gasteiger partial charge in [-0.2, -0.15) is 0 Å². The van der Waals surface area contributed by atoms with Crippen molar-refractivity contribution in [2.75, 3.05) is 11.9 Å². The molecule has 5 heteroatoms. The van der Waals surface area contributed by atoms with Crippen LogP contribution < -0.4 is 5.32 Å². The van der Waals surface area contributed by atoms with Crippen molar-refractivity contribution in [2.24, 2.45) is 0 Å². The van der Waals surface area contributed by atoms with Crippen LogP contribution in [0.15, 0.2) is 36.4 Å². The van der Waals surface area contributed by atoms with E-state index < -0.39 is 5.54 Å². The van der Waals surface area contributed by atoms with Crippen molar-refractivity contribution in [1.82, 2.24) is 15.0 Å². The molecule has 0 atom stereocenters. The van der Waals surface area contributed by atoms with E-state index in [4.69, 9.17) is 0 Å². The van der Waals surface area contributed by atoms with Crippen molar-refractivity contribution in [3.8, 4) is 11.4 Å². The van der Waals surface area contributed by atoms with E-state index in [1.165, 1.54) is 0 Å². The molecule has 0 spiro atoms. The zero-order valence-electron chi connectivity index (χ0n) is 13.0. The monoisotopic (exact) mass is 296 g/mol. The van der Waals surface area contributed by atoms with Gasteiger partial charge in [-0.1, -0.05) is 30.3 Å². The molecule has 0 saturated carbocycles. The van der Waals surface area contributed by atoms with Gasteiger partial charge < -0.3 is 15.4 Å². The van der Waals surface area contributed by atoms with E-state index in [1.54, 1.807) is 0 Å². The minimum absolute atomic E-state index is 0.0164. The highest BCUT2D eigenvalue weighted by molar-refractivity contribution is 5.89. The number of H-pyrrole nitrogens is 1. The second kappa shape index (κ2) is 5.42. The summed E-state index contributed by atoms with van der Waals surface area (Å²) in [6, 6.07) is 11.9. The Kier molecular flexibility index (Phi) is 3.58. The maximum atomic E-state index is 9.51. The quantitative estimate of drug-likeness (QED) is 0.691. The van der Waals surface area contributed by atoms with E-state index in [2.05, 4.69) is 20.3 Å². The molecule has 3 N–H and O–H groups in total. The topological polar surface area (TPSA) is 73.8 Å². The molecular formula is C17H20N4O. The maximum absolute atomic E-state index is 9.51. The largest absolute Gasteiger partial charge is 0.394 e. The van der Waals surface area contributed by atoms with Crippen molar-refractivity contribution >= 4 is 16.9 Å². The highest BCUT2D eigenvalue weighted by Gasteiger charge is 2.20. The van der Waals surface area contributed by atoms with Gasteiger partial charge in [0, 0.05) is 11.3 Å². The van der Waals surface area contributed by atoms with E-state index in [0.29, 0.717) is 5.82 Å². The normalized spacial score (nSPS) is 11.8. The summed E-state index contributed by atoms with van der Waals surface area (Å²) in [7, 11) is 0. The molecule has 3 rings (SSSR count). The smallest absolute Gasteiger partial charge is 0.163 e. The molecule has 0 unspecified atom stereocenters. The number of aromatic nitrogens is 3. The second-order valence-corrected chi connectivity index (χ2v) is 6.14. The number of hydrogen-bond donors (Lipinski definition) is 3. The van der Waals surface area contributed by atoms with Gasteiger partial charge in [-0.05, 0) is 26.8 Å². The maximum Gasteiger partial charge on any atom is 0.163 e. The molecule has 1 aromatic carbocycles. The summed E-state index contributed by atoms with van der Waals surface area (Å²) >= 11 is 0. The number of rotatable bonds is 4. The summed E-state index contributed by atoms with van der Waals surface area (Å²) in [4.78, 5) is 12.5. The summed E-state index contributed by atoms with van der Waals surface area (Å²) in [5, 5.41) is 13.7. The van der Waals surface area contributed by atoms with Crippen LogP contribution in [0.2, 0.25) is 0 Å². The fourth-order valence-corrected chi connectivity index (χ4v) is 2.31. The summed E-state index contributed by atoms with van der Waals surface area (Å²) in [6.07, 6.45) is 0. The fraction of sp³-hybridized carbons (Fsp3) is 0.294. The zero-order valence-corrected chi connectivity index (χ0v) is 13.0. The molecule has 114 valence electrons. The number of aliphatic hydroxyl groups is 1. The van der Waals surface area contributed by atoms with Gasteiger partial charge in [0.05, 0.1) is 17.5 Å². The SMILES string of the molecule is Cc1cc2c(NC(C)(C)CO)nc(-c3ccccc3)nc2[nH]1. The Bertz CT molecular complexity index is 793. The first kappa shape index (κ1) is 14.5. The molecule has 5 nitrogen and oxygen atoms in total. The molecule has 0 amide bonds. The molecule has 3 aromatic rings. The Morgan fingerprint density at radius 2 is 1.91 bits per heavy atom. The first-order chi connectivity index (χ1) is 10.5. The van der Waals surface area contributed by atoms with Crippen LogP contribution in [0, 0.1) is 6.92 Å². The summed E-state index contributed by atoms with van der Waals surface area (Å²) in [5.74, 6) is 1.39. The summed E-state index contributed by atoms with van der Waals surface area (Å²) < 4.78 is 0. The van der Waals surface area contributed by atoms with E-state index >= 15 is 0 Å². The van der Waals surface area contributed by atoms with Gasteiger partial charge in [0.15, 0.2) is 5.82 Å². The lowest BCUT2D eigenvalue weighted by molar-refractivity contribution is 0.234. The first-order valence-electron chi connectivity index (χ1n) is 7.30. The van der Waals surface area contributed by atoms with E-state index in [1.807, 2.05) is 57.2 Å². The highest BCUT2D eigenvalue weighted by Crippen LogP contribution is 2.27. The molecule has 0 fully saturated rings. The van der Waals surface area contributed by atoms with Crippen molar-refractivity contribution in [3.63, 3.8) is 0 Å². The number of aliphatic hydroxyl groups excluding tert-OH is 1. The van der Waals surface area contributed by atoms with Crippen LogP contribution in [0.5, 0.6) is 0 Å². The van der Waals surface area contributed by atoms with Crippen molar-refractivity contribution < 1.29 is 5.11 Å². The molecule has 0 aliphatic rings. The minimum Gasteiger partial charge on any atom is -0.394 e. The molecular weight excluding hydrogens is 276 g/mol. The zero-order chi connectivity index (χ0) is 15.7. The Balaban J connectivity index is 2.16. The van der Waals surface area contributed by atoms with E-state index in [9.17, 15) is 5.11 Å². The molecule has 0 aliphatic heterocycles. The molecule has 0 aliphatic carbocycles. The van der Waals surface area contributed by atoms with Gasteiger partial charge >= 0.3 is 0 Å². The lowest BCUT2D eigenvalue weighted by Crippen LogP contribution is -2.35. The average molecular weight is 296 g/mol. The summed E-state index contributed by atoms with van der Waals surface area (Å²) in [5.41, 5.74) is 2.32. The Morgan fingerprint density at radius 1 is 1.18 bits per heavy atom. The van der Waals surface area contributed by atoms with Gasteiger partial charge in [0.1, 0.15) is 11.5 Å². The number of nitrogens with zero attached hydrogens (tertiary/aromatic N) is 2. The predicted molar refractivity (Wildman–Crippen MR) is 88.8 cm³/mol. The van der Waals surface area contributed by atoms with E-state index in [-0.39, 0.29) is 6.61 Å². The van der Waals surface area contributed by atoms with Crippen LogP contribution in [-0.2, 0) is 0 Å². The van der Waals surface area contributed by atoms with Crippen molar-refractivity contribution in [1.29, 1.82) is 0 Å².